The fourth-order valence-corrected chi connectivity index (χ4v) is 0. The molecule has 0 aliphatic carbocycles. The average molecular weight is 817 g/mol. The summed E-state index contributed by atoms with van der Waals surface area (Å²) in [5.41, 5.74) is 0. The summed E-state index contributed by atoms with van der Waals surface area (Å²) >= 11 is -13.2. The molecular weight excluding hydrogens is 817 g/mol. The quantitative estimate of drug-likeness (QED) is 0.247. The van der Waals surface area contributed by atoms with E-state index in [1.807, 2.05) is 0 Å². The number of hydrogen-bond acceptors (Lipinski definition) is 8. The Bertz CT molecular complexity index is 303. The van der Waals surface area contributed by atoms with E-state index in [0.29, 0.717) is 0 Å². The van der Waals surface area contributed by atoms with Gasteiger partial charge in [0.1, 0.15) is 0 Å². The van der Waals surface area contributed by atoms with Crippen LogP contribution in [0.4, 0.5) is 0 Å². The zero-order valence-corrected chi connectivity index (χ0v) is 22.1. The standard InChI is InChI=1S/4ClIO2.K/c4*1-2(3)4;. The van der Waals surface area contributed by atoms with Gasteiger partial charge in [-0.1, -0.05) is 0 Å². The number of hydrogen-bond donors (Lipinski definition) is 0. The molecular formula is Cl4I4KO8. The van der Waals surface area contributed by atoms with Gasteiger partial charge < -0.3 is 0 Å². The van der Waals surface area contributed by atoms with Gasteiger partial charge in [-0.15, -0.1) is 0 Å². The Morgan fingerprint density at radius 2 is 0.412 bits per heavy atom. The van der Waals surface area contributed by atoms with Crippen LogP contribution < -0.4 is 0 Å². The van der Waals surface area contributed by atoms with Gasteiger partial charge in [0, 0.05) is 87.0 Å². The largest absolute Gasteiger partial charge is 0.409 e. The zero-order chi connectivity index (χ0) is 14.3. The van der Waals surface area contributed by atoms with Crippen LogP contribution in [-0.4, -0.2) is 51.4 Å². The van der Waals surface area contributed by atoms with Crippen molar-refractivity contribution in [1.29, 1.82) is 0 Å². The molecule has 17 heteroatoms. The second-order valence-corrected chi connectivity index (χ2v) is 11.1. The molecule has 0 fully saturated rings. The molecule has 0 aromatic rings. The Hall–Kier alpha value is 4.12. The smallest absolute Gasteiger partial charge is 0.217 e. The van der Waals surface area contributed by atoms with Crippen molar-refractivity contribution in [3.8, 4) is 0 Å². The van der Waals surface area contributed by atoms with Crippen LogP contribution in [0.25, 0.3) is 0 Å². The molecule has 0 rings (SSSR count). The van der Waals surface area contributed by atoms with Crippen molar-refractivity contribution < 1.29 is 24.6 Å². The summed E-state index contributed by atoms with van der Waals surface area (Å²) in [5, 5.41) is 0. The van der Waals surface area contributed by atoms with E-state index in [9.17, 15) is 0 Å². The molecule has 0 atom stereocenters. The van der Waals surface area contributed by atoms with E-state index in [2.05, 4.69) is 35.6 Å². The fourth-order valence-electron chi connectivity index (χ4n) is 0. The topological polar surface area (TPSA) is 137 Å². The molecule has 0 saturated heterocycles. The predicted molar refractivity (Wildman–Crippen MR) is 90.7 cm³/mol. The van der Waals surface area contributed by atoms with E-state index in [1.54, 1.807) is 0 Å². The molecule has 1 radical (unpaired) electrons. The van der Waals surface area contributed by atoms with Gasteiger partial charge in [-0.2, -0.15) is 0 Å². The van der Waals surface area contributed by atoms with Crippen molar-refractivity contribution in [2.75, 3.05) is 0 Å². The second-order valence-electron chi connectivity index (χ2n) is 0.719. The first-order chi connectivity index (χ1) is 6.93. The van der Waals surface area contributed by atoms with Crippen LogP contribution in [0.15, 0.2) is 0 Å². The van der Waals surface area contributed by atoms with Crippen LogP contribution in [0.5, 0.6) is 0 Å². The van der Waals surface area contributed by atoms with Gasteiger partial charge in [-0.05, 0) is 0 Å². The average Bonchev–Trinajstić information content (AvgIpc) is 1.76. The molecule has 0 heterocycles. The predicted octanol–water partition coefficient (Wildman–Crippen LogP) is 4.97. The van der Waals surface area contributed by atoms with E-state index in [0.717, 1.165) is 0 Å². The van der Waals surface area contributed by atoms with Crippen molar-refractivity contribution in [2.45, 2.75) is 0 Å². The van der Waals surface area contributed by atoms with Gasteiger partial charge in [0.25, 0.3) is 0 Å². The SMILES string of the molecule is O=I(=O)Cl.O=I(=O)Cl.O=I(=O)Cl.O=I(=O)Cl.[K]. The van der Waals surface area contributed by atoms with Crippen molar-refractivity contribution >= 4 is 162 Å². The number of halogens is 8. The van der Waals surface area contributed by atoms with Crippen molar-refractivity contribution in [1.82, 2.24) is 0 Å². The first-order valence-electron chi connectivity index (χ1n) is 1.81. The van der Waals surface area contributed by atoms with Gasteiger partial charge in [-0.25, -0.2) is 24.6 Å². The Morgan fingerprint density at radius 1 is 0.412 bits per heavy atom. The monoisotopic (exact) mass is 814 g/mol. The van der Waals surface area contributed by atoms with Gasteiger partial charge in [0.2, 0.25) is 0 Å². The summed E-state index contributed by atoms with van der Waals surface area (Å²) in [4.78, 5) is 0. The van der Waals surface area contributed by atoms with E-state index >= 15 is 0 Å². The first-order valence-corrected chi connectivity index (χ1v) is 19.8. The van der Waals surface area contributed by atoms with Gasteiger partial charge in [-0.3, -0.25) is 0 Å². The van der Waals surface area contributed by atoms with Gasteiger partial charge in [0.15, 0.2) is 0 Å². The molecule has 8 nitrogen and oxygen atoms in total. The summed E-state index contributed by atoms with van der Waals surface area (Å²) in [5.74, 6) is 0. The maximum Gasteiger partial charge on any atom is 0.409 e. The number of rotatable bonds is 0. The van der Waals surface area contributed by atoms with Crippen molar-refractivity contribution in [3.05, 3.63) is 0 Å². The molecule has 0 aliphatic heterocycles. The van der Waals surface area contributed by atoms with Crippen LogP contribution in [0, 0.1) is 0 Å². The molecule has 0 amide bonds. The summed E-state index contributed by atoms with van der Waals surface area (Å²) < 4.78 is 71.2. The third-order valence-electron chi connectivity index (χ3n) is 0. The summed E-state index contributed by atoms with van der Waals surface area (Å²) in [7, 11) is 17.3. The third kappa shape index (κ3) is 390. The summed E-state index contributed by atoms with van der Waals surface area (Å²) in [6, 6.07) is 0. The molecule has 17 heavy (non-hydrogen) atoms. The summed E-state index contributed by atoms with van der Waals surface area (Å²) in [6.07, 6.45) is 0. The van der Waals surface area contributed by atoms with E-state index < -0.39 is 74.7 Å². The Labute approximate surface area is 181 Å². The second kappa shape index (κ2) is 28.3. The van der Waals surface area contributed by atoms with Crippen LogP contribution in [-0.2, 0) is 24.6 Å². The van der Waals surface area contributed by atoms with E-state index in [-0.39, 0.29) is 51.4 Å². The summed E-state index contributed by atoms with van der Waals surface area (Å²) in [6.45, 7) is 0. The van der Waals surface area contributed by atoms with Crippen LogP contribution in [0.2, 0.25) is 0 Å². The van der Waals surface area contributed by atoms with Crippen LogP contribution >= 0.6 is 110 Å². The van der Waals surface area contributed by atoms with E-state index in [1.165, 1.54) is 0 Å². The molecule has 0 unspecified atom stereocenters. The van der Waals surface area contributed by atoms with Gasteiger partial charge >= 0.3 is 74.7 Å². The molecule has 105 valence electrons. The molecule has 0 N–H and O–H groups in total. The minimum absolute atomic E-state index is 0. The van der Waals surface area contributed by atoms with Crippen LogP contribution in [0.3, 0.4) is 0 Å². The third-order valence-corrected chi connectivity index (χ3v) is 0. The molecule has 0 aliphatic rings. The van der Waals surface area contributed by atoms with Crippen LogP contribution in [0.1, 0.15) is 0 Å². The Balaban J connectivity index is -0.0000000369. The minimum atomic E-state index is -3.29. The van der Waals surface area contributed by atoms with E-state index in [4.69, 9.17) is 24.6 Å². The Kier molecular flexibility index (Phi) is 54.8. The van der Waals surface area contributed by atoms with Crippen molar-refractivity contribution in [2.24, 2.45) is 0 Å². The molecule has 0 spiro atoms. The fraction of sp³-hybridized carbons (Fsp3) is 0. The normalized spacial score (nSPS) is 8.00. The maximum atomic E-state index is 8.89. The molecule has 0 bridgehead atoms. The Morgan fingerprint density at radius 3 is 0.412 bits per heavy atom. The van der Waals surface area contributed by atoms with Crippen molar-refractivity contribution in [3.63, 3.8) is 0 Å². The zero-order valence-electron chi connectivity index (χ0n) is 7.29. The van der Waals surface area contributed by atoms with Gasteiger partial charge in [0.05, 0.1) is 0 Å². The maximum absolute atomic E-state index is 8.89. The molecule has 0 saturated carbocycles. The first kappa shape index (κ1) is 32.9. The molecule has 0 aromatic heterocycles. The minimum Gasteiger partial charge on any atom is -0.217 e. The molecule has 0 aromatic carbocycles.